The van der Waals surface area contributed by atoms with Gasteiger partial charge >= 0.3 is 0 Å². The van der Waals surface area contributed by atoms with Crippen molar-refractivity contribution in [2.24, 2.45) is 11.1 Å². The first-order valence-electron chi connectivity index (χ1n) is 6.61. The van der Waals surface area contributed by atoms with E-state index in [1.165, 1.54) is 6.07 Å². The number of nitrogens with two attached hydrogens (primary N) is 1. The molecule has 1 amide bonds. The quantitative estimate of drug-likeness (QED) is 0.672. The number of hydrogen-bond acceptors (Lipinski definition) is 4. The minimum atomic E-state index is -0.458. The van der Waals surface area contributed by atoms with Crippen molar-refractivity contribution in [3.63, 3.8) is 0 Å². The van der Waals surface area contributed by atoms with Gasteiger partial charge in [0.1, 0.15) is 0 Å². The van der Waals surface area contributed by atoms with E-state index < -0.39 is 4.92 Å². The lowest BCUT2D eigenvalue weighted by atomic mass is 9.90. The van der Waals surface area contributed by atoms with E-state index in [0.29, 0.717) is 30.8 Å². The van der Waals surface area contributed by atoms with Crippen LogP contribution in [0.2, 0.25) is 0 Å². The molecule has 1 fully saturated rings. The predicted molar refractivity (Wildman–Crippen MR) is 75.5 cm³/mol. The van der Waals surface area contributed by atoms with Crippen LogP contribution in [-0.2, 0) is 0 Å². The normalized spacial score (nSPS) is 22.1. The summed E-state index contributed by atoms with van der Waals surface area (Å²) >= 11 is 0. The van der Waals surface area contributed by atoms with Crippen LogP contribution in [0.15, 0.2) is 18.2 Å². The Morgan fingerprint density at radius 2 is 2.25 bits per heavy atom. The molecule has 6 heteroatoms. The molecule has 0 spiro atoms. The van der Waals surface area contributed by atoms with Crippen LogP contribution in [0.4, 0.5) is 5.69 Å². The Hall–Kier alpha value is -1.95. The van der Waals surface area contributed by atoms with Crippen LogP contribution in [0.3, 0.4) is 0 Å². The van der Waals surface area contributed by atoms with Gasteiger partial charge in [-0.2, -0.15) is 0 Å². The van der Waals surface area contributed by atoms with E-state index in [1.54, 1.807) is 24.0 Å². The highest BCUT2D eigenvalue weighted by molar-refractivity contribution is 5.96. The van der Waals surface area contributed by atoms with E-state index in [0.717, 1.165) is 6.42 Å². The van der Waals surface area contributed by atoms with Crippen molar-refractivity contribution in [1.82, 2.24) is 4.90 Å². The number of carbonyl (C=O) groups excluding carboxylic acids is 1. The van der Waals surface area contributed by atoms with Crippen molar-refractivity contribution in [1.29, 1.82) is 0 Å². The van der Waals surface area contributed by atoms with E-state index >= 15 is 0 Å². The standard InChI is InChI=1S/C14H19N3O3/c1-10-11(4-3-5-12(10)17(19)20)13(18)16-7-6-14(2,8-15)9-16/h3-5H,6-9,15H2,1-2H3. The summed E-state index contributed by atoms with van der Waals surface area (Å²) in [4.78, 5) is 24.7. The molecular weight excluding hydrogens is 258 g/mol. The Morgan fingerprint density at radius 3 is 2.80 bits per heavy atom. The molecule has 0 aromatic heterocycles. The van der Waals surface area contributed by atoms with Gasteiger partial charge in [0.25, 0.3) is 11.6 Å². The van der Waals surface area contributed by atoms with Crippen molar-refractivity contribution in [2.75, 3.05) is 19.6 Å². The SMILES string of the molecule is Cc1c(C(=O)N2CCC(C)(CN)C2)cccc1[N+](=O)[O-]. The van der Waals surface area contributed by atoms with Gasteiger partial charge in [-0.15, -0.1) is 0 Å². The first kappa shape index (κ1) is 14.5. The third-order valence-electron chi connectivity index (χ3n) is 4.07. The lowest BCUT2D eigenvalue weighted by Crippen LogP contribution is -2.34. The van der Waals surface area contributed by atoms with Crippen LogP contribution in [0.25, 0.3) is 0 Å². The second kappa shape index (κ2) is 5.20. The molecule has 1 saturated heterocycles. The van der Waals surface area contributed by atoms with Gasteiger partial charge in [-0.25, -0.2) is 0 Å². The topological polar surface area (TPSA) is 89.5 Å². The Labute approximate surface area is 117 Å². The summed E-state index contributed by atoms with van der Waals surface area (Å²) in [5.74, 6) is -0.150. The lowest BCUT2D eigenvalue weighted by molar-refractivity contribution is -0.385. The van der Waals surface area contributed by atoms with Gasteiger partial charge in [-0.05, 0) is 31.4 Å². The maximum atomic E-state index is 12.5. The van der Waals surface area contributed by atoms with Gasteiger partial charge in [-0.3, -0.25) is 14.9 Å². The zero-order valence-corrected chi connectivity index (χ0v) is 11.8. The molecule has 1 unspecified atom stereocenters. The first-order valence-corrected chi connectivity index (χ1v) is 6.61. The fourth-order valence-corrected chi connectivity index (χ4v) is 2.59. The Balaban J connectivity index is 2.27. The summed E-state index contributed by atoms with van der Waals surface area (Å²) in [6.07, 6.45) is 0.864. The van der Waals surface area contributed by atoms with E-state index in [-0.39, 0.29) is 17.0 Å². The summed E-state index contributed by atoms with van der Waals surface area (Å²) in [6.45, 7) is 5.45. The van der Waals surface area contributed by atoms with Crippen molar-refractivity contribution in [3.05, 3.63) is 39.4 Å². The summed E-state index contributed by atoms with van der Waals surface area (Å²) in [7, 11) is 0. The molecule has 1 atom stereocenters. The second-order valence-corrected chi connectivity index (χ2v) is 5.70. The molecule has 1 aromatic rings. The monoisotopic (exact) mass is 277 g/mol. The minimum Gasteiger partial charge on any atom is -0.338 e. The third-order valence-corrected chi connectivity index (χ3v) is 4.07. The summed E-state index contributed by atoms with van der Waals surface area (Å²) in [5.41, 5.74) is 6.49. The molecule has 1 aromatic carbocycles. The van der Waals surface area contributed by atoms with E-state index in [9.17, 15) is 14.9 Å². The molecule has 6 nitrogen and oxygen atoms in total. The molecule has 0 saturated carbocycles. The van der Waals surface area contributed by atoms with Gasteiger partial charge in [0, 0.05) is 30.3 Å². The van der Waals surface area contributed by atoms with Crippen LogP contribution in [0.1, 0.15) is 29.3 Å². The second-order valence-electron chi connectivity index (χ2n) is 5.70. The van der Waals surface area contributed by atoms with Crippen LogP contribution in [0, 0.1) is 22.5 Å². The van der Waals surface area contributed by atoms with Gasteiger partial charge in [0.05, 0.1) is 4.92 Å². The summed E-state index contributed by atoms with van der Waals surface area (Å²) < 4.78 is 0. The highest BCUT2D eigenvalue weighted by Gasteiger charge is 2.36. The smallest absolute Gasteiger partial charge is 0.273 e. The van der Waals surface area contributed by atoms with Crippen LogP contribution in [-0.4, -0.2) is 35.4 Å². The van der Waals surface area contributed by atoms with Crippen LogP contribution < -0.4 is 5.73 Å². The van der Waals surface area contributed by atoms with Crippen molar-refractivity contribution < 1.29 is 9.72 Å². The number of nitro benzene ring substituents is 1. The highest BCUT2D eigenvalue weighted by atomic mass is 16.6. The van der Waals surface area contributed by atoms with Gasteiger partial charge < -0.3 is 10.6 Å². The number of amides is 1. The van der Waals surface area contributed by atoms with E-state index in [2.05, 4.69) is 6.92 Å². The molecule has 0 radical (unpaired) electrons. The molecule has 108 valence electrons. The maximum Gasteiger partial charge on any atom is 0.273 e. The number of benzene rings is 1. The number of rotatable bonds is 3. The summed E-state index contributed by atoms with van der Waals surface area (Å²) in [5, 5.41) is 10.9. The molecule has 2 rings (SSSR count). The van der Waals surface area contributed by atoms with Crippen LogP contribution in [0.5, 0.6) is 0 Å². The van der Waals surface area contributed by atoms with Gasteiger partial charge in [-0.1, -0.05) is 13.0 Å². The average Bonchev–Trinajstić information content (AvgIpc) is 2.81. The number of nitro groups is 1. The minimum absolute atomic E-state index is 0.0170. The van der Waals surface area contributed by atoms with Crippen molar-refractivity contribution in [2.45, 2.75) is 20.3 Å². The van der Waals surface area contributed by atoms with Crippen LogP contribution >= 0.6 is 0 Å². The van der Waals surface area contributed by atoms with Crippen molar-refractivity contribution >= 4 is 11.6 Å². The van der Waals surface area contributed by atoms with Gasteiger partial charge in [0.2, 0.25) is 0 Å². The molecule has 0 aliphatic carbocycles. The number of nitrogens with zero attached hydrogens (tertiary/aromatic N) is 2. The largest absolute Gasteiger partial charge is 0.338 e. The highest BCUT2D eigenvalue weighted by Crippen LogP contribution is 2.31. The molecule has 20 heavy (non-hydrogen) atoms. The fourth-order valence-electron chi connectivity index (χ4n) is 2.59. The van der Waals surface area contributed by atoms with Gasteiger partial charge in [0.15, 0.2) is 0 Å². The molecule has 0 bridgehead atoms. The average molecular weight is 277 g/mol. The van der Waals surface area contributed by atoms with E-state index in [1.807, 2.05) is 0 Å². The Kier molecular flexibility index (Phi) is 3.76. The summed E-state index contributed by atoms with van der Waals surface area (Å²) in [6, 6.07) is 4.61. The fraction of sp³-hybridized carbons (Fsp3) is 0.500. The molecule has 1 aliphatic rings. The maximum absolute atomic E-state index is 12.5. The van der Waals surface area contributed by atoms with Crippen molar-refractivity contribution in [3.8, 4) is 0 Å². The molecular formula is C14H19N3O3. The number of hydrogen-bond donors (Lipinski definition) is 1. The number of carbonyl (C=O) groups is 1. The first-order chi connectivity index (χ1) is 9.38. The third kappa shape index (κ3) is 2.51. The molecule has 1 aliphatic heterocycles. The Morgan fingerprint density at radius 1 is 1.55 bits per heavy atom. The molecule has 1 heterocycles. The molecule has 2 N–H and O–H groups in total. The van der Waals surface area contributed by atoms with E-state index in [4.69, 9.17) is 5.73 Å². The lowest BCUT2D eigenvalue weighted by Gasteiger charge is -2.23. The zero-order chi connectivity index (χ0) is 14.9. The zero-order valence-electron chi connectivity index (χ0n) is 11.8. The predicted octanol–water partition coefficient (Wildman–Crippen LogP) is 1.71. The number of likely N-dealkylation sites (tertiary alicyclic amines) is 1. The Bertz CT molecular complexity index is 559.